The Morgan fingerprint density at radius 1 is 1.09 bits per heavy atom. The number of benzene rings is 2. The topological polar surface area (TPSA) is 51.1 Å². The Morgan fingerprint density at radius 3 is 2.41 bits per heavy atom. The fraction of sp³-hybridized carbons (Fsp3) is 0.182. The first-order valence-electron chi connectivity index (χ1n) is 9.22. The quantitative estimate of drug-likeness (QED) is 0.354. The molecule has 0 aliphatic carbocycles. The second-order valence-corrected chi connectivity index (χ2v) is 7.68. The van der Waals surface area contributed by atoms with E-state index in [4.69, 9.17) is 23.2 Å². The third-order valence-corrected chi connectivity index (χ3v) is 5.38. The normalized spacial score (nSPS) is 11.5. The highest BCUT2D eigenvalue weighted by Gasteiger charge is 2.34. The van der Waals surface area contributed by atoms with Crippen molar-refractivity contribution in [2.45, 2.75) is 25.5 Å². The summed E-state index contributed by atoms with van der Waals surface area (Å²) in [6.07, 6.45) is -3.43. The highest BCUT2D eigenvalue weighted by Crippen LogP contribution is 2.37. The van der Waals surface area contributed by atoms with Crippen LogP contribution in [-0.2, 0) is 18.6 Å². The van der Waals surface area contributed by atoms with Crippen molar-refractivity contribution in [1.82, 2.24) is 4.57 Å². The summed E-state index contributed by atoms with van der Waals surface area (Å²) in [4.78, 5) is 24.8. The monoisotopic (exact) mass is 486 g/mol. The van der Waals surface area contributed by atoms with Crippen LogP contribution in [0.15, 0.2) is 53.5 Å². The van der Waals surface area contributed by atoms with Crippen molar-refractivity contribution in [1.29, 1.82) is 0 Å². The standard InChI is InChI=1S/C22H16Cl2F4N2O2/c1-12-6-15(25)3-2-13(12)7-14-8-18(22(26,27)28)19(24)10-17(14)21(32)29-16-4-5-30(11-23)20(31)9-16/h2-6,8-10H,7,11H2,1H3,(H,29,32). The van der Waals surface area contributed by atoms with Crippen LogP contribution in [0.2, 0.25) is 5.02 Å². The van der Waals surface area contributed by atoms with E-state index < -0.39 is 34.0 Å². The molecule has 3 rings (SSSR count). The largest absolute Gasteiger partial charge is 0.417 e. The van der Waals surface area contributed by atoms with Gasteiger partial charge in [-0.2, -0.15) is 13.2 Å². The summed E-state index contributed by atoms with van der Waals surface area (Å²) < 4.78 is 54.9. The number of hydrogen-bond acceptors (Lipinski definition) is 2. The van der Waals surface area contributed by atoms with E-state index in [9.17, 15) is 27.2 Å². The lowest BCUT2D eigenvalue weighted by molar-refractivity contribution is -0.137. The summed E-state index contributed by atoms with van der Waals surface area (Å²) in [6.45, 7) is 1.62. The van der Waals surface area contributed by atoms with E-state index in [0.717, 1.165) is 18.2 Å². The number of rotatable bonds is 5. The molecular weight excluding hydrogens is 471 g/mol. The SMILES string of the molecule is Cc1cc(F)ccc1Cc1cc(C(F)(F)F)c(Cl)cc1C(=O)Nc1ccn(CCl)c(=O)c1. The number of carbonyl (C=O) groups is 1. The lowest BCUT2D eigenvalue weighted by Crippen LogP contribution is -2.20. The molecule has 0 bridgehead atoms. The van der Waals surface area contributed by atoms with E-state index in [-0.39, 0.29) is 29.2 Å². The molecule has 2 aromatic carbocycles. The fourth-order valence-corrected chi connectivity index (χ4v) is 3.61. The van der Waals surface area contributed by atoms with Crippen molar-refractivity contribution in [2.75, 3.05) is 5.32 Å². The van der Waals surface area contributed by atoms with E-state index in [0.29, 0.717) is 11.1 Å². The number of alkyl halides is 4. The zero-order chi connectivity index (χ0) is 23.6. The van der Waals surface area contributed by atoms with Gasteiger partial charge in [-0.1, -0.05) is 17.7 Å². The Morgan fingerprint density at radius 2 is 1.81 bits per heavy atom. The number of amides is 1. The van der Waals surface area contributed by atoms with E-state index >= 15 is 0 Å². The Kier molecular flexibility index (Phi) is 6.95. The van der Waals surface area contributed by atoms with Gasteiger partial charge in [-0.25, -0.2) is 4.39 Å². The molecule has 3 aromatic rings. The van der Waals surface area contributed by atoms with Crippen molar-refractivity contribution in [3.63, 3.8) is 0 Å². The number of anilines is 1. The molecule has 0 spiro atoms. The molecule has 32 heavy (non-hydrogen) atoms. The number of hydrogen-bond donors (Lipinski definition) is 1. The van der Waals surface area contributed by atoms with Crippen LogP contribution in [0, 0.1) is 12.7 Å². The molecule has 1 aromatic heterocycles. The molecule has 4 nitrogen and oxygen atoms in total. The lowest BCUT2D eigenvalue weighted by atomic mass is 9.94. The minimum absolute atomic E-state index is 0.0445. The van der Waals surface area contributed by atoms with Gasteiger partial charge in [0.25, 0.3) is 11.5 Å². The molecule has 10 heteroatoms. The van der Waals surface area contributed by atoms with Gasteiger partial charge in [0.2, 0.25) is 0 Å². The zero-order valence-corrected chi connectivity index (χ0v) is 18.1. The predicted molar refractivity (Wildman–Crippen MR) is 115 cm³/mol. The molecule has 0 saturated heterocycles. The third kappa shape index (κ3) is 5.31. The molecule has 0 saturated carbocycles. The molecule has 168 valence electrons. The number of aryl methyl sites for hydroxylation is 1. The average Bonchev–Trinajstić information content (AvgIpc) is 2.70. The van der Waals surface area contributed by atoms with Crippen molar-refractivity contribution in [3.8, 4) is 0 Å². The molecule has 0 unspecified atom stereocenters. The van der Waals surface area contributed by atoms with Gasteiger partial charge in [0, 0.05) is 23.5 Å². The van der Waals surface area contributed by atoms with Crippen molar-refractivity contribution >= 4 is 34.8 Å². The van der Waals surface area contributed by atoms with Gasteiger partial charge in [0.05, 0.1) is 10.6 Å². The van der Waals surface area contributed by atoms with Gasteiger partial charge in [0.1, 0.15) is 11.8 Å². The van der Waals surface area contributed by atoms with E-state index in [1.165, 1.54) is 35.0 Å². The van der Waals surface area contributed by atoms with Crippen molar-refractivity contribution in [2.24, 2.45) is 0 Å². The zero-order valence-electron chi connectivity index (χ0n) is 16.6. The second-order valence-electron chi connectivity index (χ2n) is 7.03. The molecule has 1 N–H and O–H groups in total. The van der Waals surface area contributed by atoms with E-state index in [1.807, 2.05) is 0 Å². The number of pyridine rings is 1. The summed E-state index contributed by atoms with van der Waals surface area (Å²) in [7, 11) is 0. The minimum atomic E-state index is -4.73. The van der Waals surface area contributed by atoms with Crippen LogP contribution in [0.1, 0.15) is 32.6 Å². The van der Waals surface area contributed by atoms with Crippen LogP contribution >= 0.6 is 23.2 Å². The summed E-state index contributed by atoms with van der Waals surface area (Å²) in [5, 5.41) is 1.85. The minimum Gasteiger partial charge on any atom is -0.322 e. The Bertz CT molecular complexity index is 1240. The first kappa shape index (κ1) is 23.8. The summed E-state index contributed by atoms with van der Waals surface area (Å²) in [5.74, 6) is -1.23. The molecule has 1 amide bonds. The maximum Gasteiger partial charge on any atom is 0.417 e. The molecular formula is C22H16Cl2F4N2O2. The summed E-state index contributed by atoms with van der Waals surface area (Å²) in [6, 6.07) is 8.12. The highest BCUT2D eigenvalue weighted by atomic mass is 35.5. The van der Waals surface area contributed by atoms with Gasteiger partial charge in [-0.3, -0.25) is 9.59 Å². The van der Waals surface area contributed by atoms with Gasteiger partial charge in [-0.05, 0) is 60.4 Å². The number of nitrogens with zero attached hydrogens (tertiary/aromatic N) is 1. The Labute approximate surface area is 190 Å². The first-order chi connectivity index (χ1) is 15.0. The maximum absolute atomic E-state index is 13.4. The third-order valence-electron chi connectivity index (χ3n) is 4.81. The Balaban J connectivity index is 2.04. The number of carbonyl (C=O) groups excluding carboxylic acids is 1. The number of aromatic nitrogens is 1. The van der Waals surface area contributed by atoms with Crippen LogP contribution in [0.4, 0.5) is 23.2 Å². The van der Waals surface area contributed by atoms with E-state index in [1.54, 1.807) is 6.92 Å². The van der Waals surface area contributed by atoms with E-state index in [2.05, 4.69) is 5.32 Å². The number of halogens is 6. The molecule has 0 atom stereocenters. The predicted octanol–water partition coefficient (Wildman–Crippen LogP) is 6.01. The van der Waals surface area contributed by atoms with Crippen LogP contribution < -0.4 is 10.9 Å². The van der Waals surface area contributed by atoms with Gasteiger partial charge < -0.3 is 9.88 Å². The average molecular weight is 487 g/mol. The molecule has 0 aliphatic heterocycles. The van der Waals surface area contributed by atoms with Crippen molar-refractivity contribution < 1.29 is 22.4 Å². The van der Waals surface area contributed by atoms with Gasteiger partial charge in [0.15, 0.2) is 0 Å². The van der Waals surface area contributed by atoms with Crippen LogP contribution in [-0.4, -0.2) is 10.5 Å². The Hall–Kier alpha value is -2.84. The number of nitrogens with one attached hydrogen (secondary N) is 1. The molecule has 0 radical (unpaired) electrons. The smallest absolute Gasteiger partial charge is 0.322 e. The highest BCUT2D eigenvalue weighted by molar-refractivity contribution is 6.32. The fourth-order valence-electron chi connectivity index (χ4n) is 3.14. The van der Waals surface area contributed by atoms with Crippen LogP contribution in [0.5, 0.6) is 0 Å². The first-order valence-corrected chi connectivity index (χ1v) is 10.1. The lowest BCUT2D eigenvalue weighted by Gasteiger charge is -2.16. The second kappa shape index (κ2) is 9.34. The molecule has 0 aliphatic rings. The summed E-state index contributed by atoms with van der Waals surface area (Å²) >= 11 is 11.5. The summed E-state index contributed by atoms with van der Waals surface area (Å²) in [5.41, 5.74) is -0.414. The van der Waals surface area contributed by atoms with Crippen LogP contribution in [0.3, 0.4) is 0 Å². The molecule has 1 heterocycles. The maximum atomic E-state index is 13.4. The van der Waals surface area contributed by atoms with Gasteiger partial charge >= 0.3 is 6.18 Å². The van der Waals surface area contributed by atoms with Crippen LogP contribution in [0.25, 0.3) is 0 Å². The van der Waals surface area contributed by atoms with Gasteiger partial charge in [-0.15, -0.1) is 11.6 Å². The van der Waals surface area contributed by atoms with Crippen molar-refractivity contribution in [3.05, 3.63) is 97.7 Å². The molecule has 0 fully saturated rings.